The first kappa shape index (κ1) is 25.6. The van der Waals surface area contributed by atoms with Crippen molar-refractivity contribution in [3.8, 4) is 23.1 Å². The number of benzene rings is 3. The molecule has 7 nitrogen and oxygen atoms in total. The average molecular weight is 549 g/mol. The summed E-state index contributed by atoms with van der Waals surface area (Å²) in [6, 6.07) is 13.7. The van der Waals surface area contributed by atoms with E-state index < -0.39 is 32.6 Å². The van der Waals surface area contributed by atoms with E-state index in [1.165, 1.54) is 25.3 Å². The smallest absolute Gasteiger partial charge is 0.241 e. The number of ether oxygens (including phenoxy) is 1. The van der Waals surface area contributed by atoms with Crippen LogP contribution in [0.2, 0.25) is 10.0 Å². The summed E-state index contributed by atoms with van der Waals surface area (Å²) < 4.78 is 61.4. The number of nitrogens with one attached hydrogen (secondary N) is 2. The summed E-state index contributed by atoms with van der Waals surface area (Å²) in [5.74, 6) is -1.55. The molecule has 4 aromatic rings. The topological polar surface area (TPSA) is 108 Å². The number of rotatable bonds is 7. The van der Waals surface area contributed by atoms with Gasteiger partial charge in [-0.15, -0.1) is 0 Å². The van der Waals surface area contributed by atoms with Crippen LogP contribution in [0.25, 0.3) is 11.3 Å². The van der Waals surface area contributed by atoms with E-state index in [1.54, 1.807) is 24.3 Å². The molecule has 0 spiro atoms. The molecule has 0 saturated heterocycles. The largest absolute Gasteiger partial charge is 0.497 e. The second-order valence-electron chi connectivity index (χ2n) is 7.53. The minimum atomic E-state index is -4.51. The van der Waals surface area contributed by atoms with Gasteiger partial charge in [0.25, 0.3) is 0 Å². The minimum Gasteiger partial charge on any atom is -0.497 e. The van der Waals surface area contributed by atoms with Gasteiger partial charge in [0.1, 0.15) is 34.7 Å². The monoisotopic (exact) mass is 548 g/mol. The third-order valence-electron chi connectivity index (χ3n) is 5.25. The molecule has 4 rings (SSSR count). The number of hydrogen-bond donors (Lipinski definition) is 2. The second-order valence-corrected chi connectivity index (χ2v) is 10.1. The lowest BCUT2D eigenvalue weighted by Crippen LogP contribution is -2.30. The molecule has 0 fully saturated rings. The number of halogens is 4. The van der Waals surface area contributed by atoms with E-state index in [9.17, 15) is 22.5 Å². The Kier molecular flexibility index (Phi) is 7.28. The van der Waals surface area contributed by atoms with Crippen molar-refractivity contribution in [2.75, 3.05) is 7.11 Å². The van der Waals surface area contributed by atoms with Crippen LogP contribution in [-0.4, -0.2) is 25.7 Å². The highest BCUT2D eigenvalue weighted by atomic mass is 35.5. The van der Waals surface area contributed by atoms with Crippen LogP contribution in [0.4, 0.5) is 8.78 Å². The Morgan fingerprint density at radius 3 is 2.31 bits per heavy atom. The van der Waals surface area contributed by atoms with Crippen LogP contribution in [0, 0.1) is 23.0 Å². The van der Waals surface area contributed by atoms with Gasteiger partial charge in [0.2, 0.25) is 10.0 Å². The maximum absolute atomic E-state index is 13.8. The maximum atomic E-state index is 13.8. The first-order chi connectivity index (χ1) is 17.1. The Labute approximate surface area is 215 Å². The lowest BCUT2D eigenvalue weighted by molar-refractivity contribution is 0.415. The molecule has 3 aromatic carbocycles. The van der Waals surface area contributed by atoms with E-state index >= 15 is 0 Å². The van der Waals surface area contributed by atoms with E-state index in [4.69, 9.17) is 27.9 Å². The number of aromatic nitrogens is 2. The molecule has 1 heterocycles. The van der Waals surface area contributed by atoms with Crippen molar-refractivity contribution < 1.29 is 21.9 Å². The van der Waals surface area contributed by atoms with E-state index in [0.717, 1.165) is 0 Å². The number of aromatic amines is 1. The highest BCUT2D eigenvalue weighted by Gasteiger charge is 2.30. The van der Waals surface area contributed by atoms with Gasteiger partial charge >= 0.3 is 0 Å². The van der Waals surface area contributed by atoms with Gasteiger partial charge in [0, 0.05) is 21.7 Å². The number of nitrogens with zero attached hydrogens (tertiary/aromatic N) is 2. The lowest BCUT2D eigenvalue weighted by atomic mass is 9.99. The molecule has 0 amide bonds. The molecular formula is C24H16Cl2F2N4O3S. The van der Waals surface area contributed by atoms with Crippen molar-refractivity contribution in [1.82, 2.24) is 14.9 Å². The van der Waals surface area contributed by atoms with Crippen molar-refractivity contribution in [3.63, 3.8) is 0 Å². The van der Waals surface area contributed by atoms with E-state index in [1.807, 2.05) is 6.07 Å². The average Bonchev–Trinajstić information content (AvgIpc) is 3.26. The zero-order chi connectivity index (χ0) is 26.0. The summed E-state index contributed by atoms with van der Waals surface area (Å²) in [5.41, 5.74) is 1.13. The number of hydrogen-bond acceptors (Lipinski definition) is 5. The SMILES string of the molecule is COc1ccc(-c2n[nH]c(C(NS(=O)(=O)c3cc(F)cc(F)c3)c3ccc(Cl)cc3Cl)c2C#N)cc1. The molecule has 12 heteroatoms. The Bertz CT molecular complexity index is 1570. The summed E-state index contributed by atoms with van der Waals surface area (Å²) in [4.78, 5) is -0.650. The van der Waals surface area contributed by atoms with Crippen LogP contribution < -0.4 is 9.46 Å². The van der Waals surface area contributed by atoms with E-state index in [-0.39, 0.29) is 27.5 Å². The summed E-state index contributed by atoms with van der Waals surface area (Å²) in [6.45, 7) is 0. The highest BCUT2D eigenvalue weighted by molar-refractivity contribution is 7.89. The van der Waals surface area contributed by atoms with E-state index in [2.05, 4.69) is 14.9 Å². The molecule has 36 heavy (non-hydrogen) atoms. The van der Waals surface area contributed by atoms with Gasteiger partial charge < -0.3 is 4.74 Å². The molecule has 0 aliphatic heterocycles. The van der Waals surface area contributed by atoms with Gasteiger partial charge in [-0.3, -0.25) is 5.10 Å². The van der Waals surface area contributed by atoms with Crippen LogP contribution in [-0.2, 0) is 10.0 Å². The lowest BCUT2D eigenvalue weighted by Gasteiger charge is -2.20. The number of sulfonamides is 1. The quantitative estimate of drug-likeness (QED) is 0.312. The molecule has 0 bridgehead atoms. The van der Waals surface area contributed by atoms with Gasteiger partial charge in [0.05, 0.1) is 23.7 Å². The number of H-pyrrole nitrogens is 1. The van der Waals surface area contributed by atoms with Gasteiger partial charge in [-0.2, -0.15) is 15.1 Å². The fraction of sp³-hybridized carbons (Fsp3) is 0.0833. The fourth-order valence-corrected chi connectivity index (χ4v) is 5.30. The highest BCUT2D eigenvalue weighted by Crippen LogP contribution is 2.35. The summed E-state index contributed by atoms with van der Waals surface area (Å²) in [5, 5.41) is 17.3. The zero-order valence-corrected chi connectivity index (χ0v) is 20.7. The van der Waals surface area contributed by atoms with Crippen molar-refractivity contribution in [2.24, 2.45) is 0 Å². The predicted molar refractivity (Wildman–Crippen MR) is 130 cm³/mol. The minimum absolute atomic E-state index is 0.0318. The predicted octanol–water partition coefficient (Wildman–Crippen LogP) is 5.61. The molecule has 0 radical (unpaired) electrons. The molecule has 2 N–H and O–H groups in total. The summed E-state index contributed by atoms with van der Waals surface area (Å²) in [6.07, 6.45) is 0. The number of nitriles is 1. The van der Waals surface area contributed by atoms with Crippen molar-refractivity contribution in [2.45, 2.75) is 10.9 Å². The van der Waals surface area contributed by atoms with Crippen molar-refractivity contribution in [1.29, 1.82) is 5.26 Å². The number of methoxy groups -OCH3 is 1. The molecule has 0 aliphatic rings. The normalized spacial score (nSPS) is 12.2. The molecule has 1 aromatic heterocycles. The second kappa shape index (κ2) is 10.2. The van der Waals surface area contributed by atoms with E-state index in [0.29, 0.717) is 34.5 Å². The summed E-state index contributed by atoms with van der Waals surface area (Å²) in [7, 11) is -3.00. The molecule has 1 unspecified atom stereocenters. The van der Waals surface area contributed by atoms with Gasteiger partial charge in [-0.25, -0.2) is 17.2 Å². The Balaban J connectivity index is 1.87. The Morgan fingerprint density at radius 2 is 1.72 bits per heavy atom. The van der Waals surface area contributed by atoms with Crippen LogP contribution >= 0.6 is 23.2 Å². The molecule has 1 atom stereocenters. The third-order valence-corrected chi connectivity index (χ3v) is 7.22. The Hall–Kier alpha value is -3.49. The first-order valence-corrected chi connectivity index (χ1v) is 12.4. The van der Waals surface area contributed by atoms with Crippen LogP contribution in [0.15, 0.2) is 65.6 Å². The molecule has 0 aliphatic carbocycles. The van der Waals surface area contributed by atoms with Gasteiger partial charge in [-0.1, -0.05) is 29.3 Å². The van der Waals surface area contributed by atoms with Crippen molar-refractivity contribution in [3.05, 3.63) is 99.2 Å². The van der Waals surface area contributed by atoms with Gasteiger partial charge in [0.15, 0.2) is 0 Å². The maximum Gasteiger partial charge on any atom is 0.241 e. The molecule has 184 valence electrons. The van der Waals surface area contributed by atoms with Crippen LogP contribution in [0.5, 0.6) is 5.75 Å². The van der Waals surface area contributed by atoms with Crippen LogP contribution in [0.3, 0.4) is 0 Å². The van der Waals surface area contributed by atoms with Crippen molar-refractivity contribution >= 4 is 33.2 Å². The molecular weight excluding hydrogens is 533 g/mol. The summed E-state index contributed by atoms with van der Waals surface area (Å²) >= 11 is 12.4. The third kappa shape index (κ3) is 5.20. The zero-order valence-electron chi connectivity index (χ0n) is 18.4. The Morgan fingerprint density at radius 1 is 1.06 bits per heavy atom. The van der Waals surface area contributed by atoms with Crippen LogP contribution in [0.1, 0.15) is 22.9 Å². The molecule has 0 saturated carbocycles. The fourth-order valence-electron chi connectivity index (χ4n) is 3.56. The first-order valence-electron chi connectivity index (χ1n) is 10.2. The van der Waals surface area contributed by atoms with Gasteiger partial charge in [-0.05, 0) is 54.1 Å². The standard InChI is InChI=1S/C24H16Cl2F2N4O3S/c1-35-17-5-2-13(3-6-17)22-20(12-29)23(31-30-22)24(19-7-4-14(25)8-21(19)26)32-36(33,34)18-10-15(27)9-16(28)11-18/h2-11,24,32H,1H3,(H,30,31).